The molecule has 0 spiro atoms. The van der Waals surface area contributed by atoms with Crippen molar-refractivity contribution in [1.82, 2.24) is 14.5 Å². The SMILES string of the molecule is O=C(Nc1cccc(-n2cccc2)c1)N1CCN(c2ncc(Cl)cc2Cl)CC1. The molecule has 2 aromatic heterocycles. The first kappa shape index (κ1) is 18.7. The molecule has 0 atom stereocenters. The van der Waals surface area contributed by atoms with Gasteiger partial charge in [0, 0.05) is 56.1 Å². The predicted octanol–water partition coefficient (Wildman–Crippen LogP) is 4.53. The van der Waals surface area contributed by atoms with Gasteiger partial charge in [-0.05, 0) is 36.4 Å². The molecule has 0 unspecified atom stereocenters. The molecule has 3 aromatic rings. The number of carbonyl (C=O) groups excluding carboxylic acids is 1. The van der Waals surface area contributed by atoms with Crippen molar-refractivity contribution in [3.8, 4) is 5.69 Å². The molecule has 0 bridgehead atoms. The maximum atomic E-state index is 12.7. The van der Waals surface area contributed by atoms with Crippen LogP contribution in [0.5, 0.6) is 0 Å². The fourth-order valence-electron chi connectivity index (χ4n) is 3.21. The van der Waals surface area contributed by atoms with Crippen molar-refractivity contribution in [1.29, 1.82) is 0 Å². The molecule has 28 heavy (non-hydrogen) atoms. The summed E-state index contributed by atoms with van der Waals surface area (Å²) in [5.41, 5.74) is 1.76. The first-order valence-corrected chi connectivity index (χ1v) is 9.71. The molecule has 0 aliphatic carbocycles. The number of benzene rings is 1. The second kappa shape index (κ2) is 8.12. The van der Waals surface area contributed by atoms with Gasteiger partial charge in [-0.15, -0.1) is 0 Å². The van der Waals surface area contributed by atoms with Crippen molar-refractivity contribution in [2.24, 2.45) is 0 Å². The second-order valence-corrected chi connectivity index (χ2v) is 7.35. The lowest BCUT2D eigenvalue weighted by molar-refractivity contribution is 0.208. The van der Waals surface area contributed by atoms with E-state index in [9.17, 15) is 4.79 Å². The van der Waals surface area contributed by atoms with Crippen LogP contribution in [-0.2, 0) is 0 Å². The smallest absolute Gasteiger partial charge is 0.321 e. The van der Waals surface area contributed by atoms with Gasteiger partial charge < -0.3 is 19.7 Å². The average Bonchev–Trinajstić information content (AvgIpc) is 3.23. The highest BCUT2D eigenvalue weighted by atomic mass is 35.5. The Bertz CT molecular complexity index is 968. The largest absolute Gasteiger partial charge is 0.352 e. The van der Waals surface area contributed by atoms with E-state index in [1.165, 1.54) is 0 Å². The zero-order valence-electron chi connectivity index (χ0n) is 15.1. The minimum absolute atomic E-state index is 0.112. The molecule has 1 N–H and O–H groups in total. The van der Waals surface area contributed by atoms with Gasteiger partial charge in [0.25, 0.3) is 0 Å². The summed E-state index contributed by atoms with van der Waals surface area (Å²) in [5, 5.41) is 4.01. The van der Waals surface area contributed by atoms with E-state index < -0.39 is 0 Å². The number of halogens is 2. The van der Waals surface area contributed by atoms with Crippen molar-refractivity contribution in [3.63, 3.8) is 0 Å². The average molecular weight is 416 g/mol. The van der Waals surface area contributed by atoms with Crippen LogP contribution in [0.4, 0.5) is 16.3 Å². The highest BCUT2D eigenvalue weighted by Crippen LogP contribution is 2.27. The van der Waals surface area contributed by atoms with Crippen LogP contribution >= 0.6 is 23.2 Å². The van der Waals surface area contributed by atoms with Crippen LogP contribution in [0.3, 0.4) is 0 Å². The Kier molecular flexibility index (Phi) is 5.41. The van der Waals surface area contributed by atoms with Crippen molar-refractivity contribution in [2.75, 3.05) is 36.4 Å². The van der Waals surface area contributed by atoms with Crippen LogP contribution in [0, 0.1) is 0 Å². The normalized spacial score (nSPS) is 14.2. The number of hydrogen-bond donors (Lipinski definition) is 1. The van der Waals surface area contributed by atoms with Crippen LogP contribution < -0.4 is 10.2 Å². The number of pyridine rings is 1. The molecular weight excluding hydrogens is 397 g/mol. The molecule has 1 fully saturated rings. The molecule has 1 aromatic carbocycles. The lowest BCUT2D eigenvalue weighted by Crippen LogP contribution is -2.50. The number of rotatable bonds is 3. The number of nitrogens with one attached hydrogen (secondary N) is 1. The summed E-state index contributed by atoms with van der Waals surface area (Å²) < 4.78 is 2.00. The molecule has 1 aliphatic rings. The fraction of sp³-hybridized carbons (Fsp3) is 0.200. The van der Waals surface area contributed by atoms with Gasteiger partial charge in [0.1, 0.15) is 5.82 Å². The third-order valence-electron chi connectivity index (χ3n) is 4.65. The molecule has 0 radical (unpaired) electrons. The van der Waals surface area contributed by atoms with Crippen molar-refractivity contribution in [2.45, 2.75) is 0 Å². The van der Waals surface area contributed by atoms with Gasteiger partial charge in [0.05, 0.1) is 10.0 Å². The van der Waals surface area contributed by atoms with Gasteiger partial charge >= 0.3 is 6.03 Å². The molecule has 3 heterocycles. The summed E-state index contributed by atoms with van der Waals surface area (Å²) >= 11 is 12.2. The van der Waals surface area contributed by atoms with E-state index in [4.69, 9.17) is 23.2 Å². The van der Waals surface area contributed by atoms with Gasteiger partial charge in [0.15, 0.2) is 0 Å². The van der Waals surface area contributed by atoms with E-state index in [1.54, 1.807) is 17.2 Å². The summed E-state index contributed by atoms with van der Waals surface area (Å²) in [4.78, 5) is 20.8. The first-order chi connectivity index (χ1) is 13.6. The quantitative estimate of drug-likeness (QED) is 0.683. The Morgan fingerprint density at radius 1 is 1.00 bits per heavy atom. The maximum absolute atomic E-state index is 12.7. The summed E-state index contributed by atoms with van der Waals surface area (Å²) in [5.74, 6) is 0.700. The molecule has 1 saturated heterocycles. The molecule has 6 nitrogen and oxygen atoms in total. The van der Waals surface area contributed by atoms with Gasteiger partial charge in [-0.25, -0.2) is 9.78 Å². The molecule has 2 amide bonds. The number of hydrogen-bond acceptors (Lipinski definition) is 3. The molecule has 144 valence electrons. The van der Waals surface area contributed by atoms with Crippen molar-refractivity contribution in [3.05, 3.63) is 71.1 Å². The topological polar surface area (TPSA) is 53.4 Å². The molecule has 0 saturated carbocycles. The number of amides is 2. The Morgan fingerprint density at radius 3 is 2.46 bits per heavy atom. The van der Waals surface area contributed by atoms with E-state index >= 15 is 0 Å². The van der Waals surface area contributed by atoms with Gasteiger partial charge in [0.2, 0.25) is 0 Å². The number of carbonyl (C=O) groups is 1. The van der Waals surface area contributed by atoms with E-state index in [-0.39, 0.29) is 6.03 Å². The third kappa shape index (κ3) is 4.08. The Labute approximate surface area is 173 Å². The standard InChI is InChI=1S/C20H19Cl2N5O/c21-15-12-18(22)19(23-14-15)26-8-10-27(11-9-26)20(28)24-16-4-3-5-17(13-16)25-6-1-2-7-25/h1-7,12-14H,8-11H2,(H,24,28). The fourth-order valence-corrected chi connectivity index (χ4v) is 3.71. The minimum Gasteiger partial charge on any atom is -0.352 e. The number of nitrogens with zero attached hydrogens (tertiary/aromatic N) is 4. The molecule has 4 rings (SSSR count). The summed E-state index contributed by atoms with van der Waals surface area (Å²) in [6.45, 7) is 2.49. The maximum Gasteiger partial charge on any atom is 0.321 e. The number of piperazine rings is 1. The lowest BCUT2D eigenvalue weighted by Gasteiger charge is -2.35. The van der Waals surface area contributed by atoms with Crippen LogP contribution in [0.2, 0.25) is 10.0 Å². The highest BCUT2D eigenvalue weighted by Gasteiger charge is 2.23. The van der Waals surface area contributed by atoms with E-state index in [2.05, 4.69) is 15.2 Å². The van der Waals surface area contributed by atoms with Crippen LogP contribution in [0.1, 0.15) is 0 Å². The Balaban J connectivity index is 1.37. The zero-order valence-corrected chi connectivity index (χ0v) is 16.6. The summed E-state index contributed by atoms with van der Waals surface area (Å²) in [7, 11) is 0. The third-order valence-corrected chi connectivity index (χ3v) is 5.14. The van der Waals surface area contributed by atoms with Crippen LogP contribution in [0.15, 0.2) is 61.1 Å². The summed E-state index contributed by atoms with van der Waals surface area (Å²) in [6, 6.07) is 13.3. The number of urea groups is 1. The Hall–Kier alpha value is -2.70. The van der Waals surface area contributed by atoms with Gasteiger partial charge in [-0.1, -0.05) is 29.3 Å². The first-order valence-electron chi connectivity index (χ1n) is 8.95. The number of anilines is 2. The highest BCUT2D eigenvalue weighted by molar-refractivity contribution is 6.36. The molecule has 1 aliphatic heterocycles. The van der Waals surface area contributed by atoms with Crippen molar-refractivity contribution >= 4 is 40.7 Å². The van der Waals surface area contributed by atoms with Gasteiger partial charge in [-0.3, -0.25) is 0 Å². The minimum atomic E-state index is -0.112. The van der Waals surface area contributed by atoms with Crippen LogP contribution in [-0.4, -0.2) is 46.7 Å². The van der Waals surface area contributed by atoms with Crippen LogP contribution in [0.25, 0.3) is 5.69 Å². The zero-order chi connectivity index (χ0) is 19.5. The monoisotopic (exact) mass is 415 g/mol. The van der Waals surface area contributed by atoms with E-state index in [1.807, 2.05) is 53.4 Å². The number of aromatic nitrogens is 2. The lowest BCUT2D eigenvalue weighted by atomic mass is 10.2. The van der Waals surface area contributed by atoms with E-state index in [0.29, 0.717) is 42.0 Å². The molecular formula is C20H19Cl2N5O. The van der Waals surface area contributed by atoms with E-state index in [0.717, 1.165) is 11.4 Å². The predicted molar refractivity (Wildman–Crippen MR) is 113 cm³/mol. The summed E-state index contributed by atoms with van der Waals surface area (Å²) in [6.07, 6.45) is 5.52. The van der Waals surface area contributed by atoms with Gasteiger partial charge in [-0.2, -0.15) is 0 Å². The Morgan fingerprint density at radius 2 is 1.75 bits per heavy atom. The molecule has 8 heteroatoms. The second-order valence-electron chi connectivity index (χ2n) is 6.50. The van der Waals surface area contributed by atoms with Crippen molar-refractivity contribution < 1.29 is 4.79 Å².